The molecule has 0 saturated carbocycles. The van der Waals surface area contributed by atoms with Gasteiger partial charge in [-0.3, -0.25) is 5.01 Å². The van der Waals surface area contributed by atoms with Crippen molar-refractivity contribution in [3.05, 3.63) is 23.9 Å². The fraction of sp³-hybridized carbons (Fsp3) is 0.375. The summed E-state index contributed by atoms with van der Waals surface area (Å²) in [6.07, 6.45) is 6.31. The SMILES string of the molecule is CC1=NN(C)C2NC=CC=C12. The summed E-state index contributed by atoms with van der Waals surface area (Å²) in [5.41, 5.74) is 2.38. The van der Waals surface area contributed by atoms with Crippen LogP contribution in [0.15, 0.2) is 29.0 Å². The minimum Gasteiger partial charge on any atom is -0.366 e. The highest BCUT2D eigenvalue weighted by Crippen LogP contribution is 2.19. The Bertz CT molecular complexity index is 263. The first-order valence-electron chi connectivity index (χ1n) is 3.70. The molecule has 0 aliphatic carbocycles. The number of fused-ring (bicyclic) bond motifs is 1. The van der Waals surface area contributed by atoms with Crippen molar-refractivity contribution in [1.82, 2.24) is 10.3 Å². The molecule has 1 N–H and O–H groups in total. The maximum Gasteiger partial charge on any atom is 0.143 e. The molecule has 0 aromatic rings. The summed E-state index contributed by atoms with van der Waals surface area (Å²) >= 11 is 0. The molecule has 0 aromatic heterocycles. The number of allylic oxidation sites excluding steroid dienone is 2. The lowest BCUT2D eigenvalue weighted by molar-refractivity contribution is 0.286. The summed E-state index contributed by atoms with van der Waals surface area (Å²) in [5.74, 6) is 0. The second kappa shape index (κ2) is 2.12. The van der Waals surface area contributed by atoms with Crippen LogP contribution in [0, 0.1) is 0 Å². The molecule has 1 unspecified atom stereocenters. The molecule has 0 radical (unpaired) electrons. The van der Waals surface area contributed by atoms with Gasteiger partial charge >= 0.3 is 0 Å². The molecule has 1 atom stereocenters. The topological polar surface area (TPSA) is 27.6 Å². The first kappa shape index (κ1) is 6.46. The van der Waals surface area contributed by atoms with E-state index in [0.717, 1.165) is 5.71 Å². The van der Waals surface area contributed by atoms with Crippen LogP contribution >= 0.6 is 0 Å². The molecule has 11 heavy (non-hydrogen) atoms. The van der Waals surface area contributed by atoms with Crippen LogP contribution in [0.3, 0.4) is 0 Å². The van der Waals surface area contributed by atoms with Gasteiger partial charge in [0.05, 0.1) is 5.71 Å². The number of rotatable bonds is 0. The van der Waals surface area contributed by atoms with Crippen LogP contribution in [0.1, 0.15) is 6.92 Å². The molecule has 3 heteroatoms. The second-order valence-electron chi connectivity index (χ2n) is 2.81. The lowest BCUT2D eigenvalue weighted by atomic mass is 10.1. The van der Waals surface area contributed by atoms with Gasteiger partial charge in [-0.1, -0.05) is 6.08 Å². The average molecular weight is 149 g/mol. The highest BCUT2D eigenvalue weighted by Gasteiger charge is 2.26. The lowest BCUT2D eigenvalue weighted by Gasteiger charge is -2.22. The van der Waals surface area contributed by atoms with E-state index < -0.39 is 0 Å². The van der Waals surface area contributed by atoms with Crippen LogP contribution in [0.5, 0.6) is 0 Å². The Hall–Kier alpha value is -1.25. The van der Waals surface area contributed by atoms with Gasteiger partial charge in [0.15, 0.2) is 0 Å². The quantitative estimate of drug-likeness (QED) is 0.548. The van der Waals surface area contributed by atoms with Gasteiger partial charge in [-0.25, -0.2) is 0 Å². The Labute approximate surface area is 66.1 Å². The minimum atomic E-state index is 0.264. The summed E-state index contributed by atoms with van der Waals surface area (Å²) in [7, 11) is 1.97. The maximum absolute atomic E-state index is 4.31. The van der Waals surface area contributed by atoms with Crippen LogP contribution in [0.4, 0.5) is 0 Å². The Kier molecular flexibility index (Phi) is 1.24. The number of hydrazone groups is 1. The Balaban J connectivity index is 2.37. The fourth-order valence-electron chi connectivity index (χ4n) is 1.46. The van der Waals surface area contributed by atoms with E-state index in [0.29, 0.717) is 0 Å². The smallest absolute Gasteiger partial charge is 0.143 e. The zero-order chi connectivity index (χ0) is 7.84. The third kappa shape index (κ3) is 0.843. The lowest BCUT2D eigenvalue weighted by Crippen LogP contribution is -2.37. The molecular formula is C8H11N3. The average Bonchev–Trinajstić information content (AvgIpc) is 2.30. The largest absolute Gasteiger partial charge is 0.366 e. The second-order valence-corrected chi connectivity index (χ2v) is 2.81. The predicted octanol–water partition coefficient (Wildman–Crippen LogP) is 0.677. The van der Waals surface area contributed by atoms with Crippen LogP contribution < -0.4 is 5.32 Å². The van der Waals surface area contributed by atoms with Gasteiger partial charge in [0.2, 0.25) is 0 Å². The van der Waals surface area contributed by atoms with E-state index in [4.69, 9.17) is 0 Å². The summed E-state index contributed by atoms with van der Waals surface area (Å²) in [6.45, 7) is 2.03. The van der Waals surface area contributed by atoms with Gasteiger partial charge in [-0.2, -0.15) is 5.10 Å². The Morgan fingerprint density at radius 1 is 1.64 bits per heavy atom. The first-order chi connectivity index (χ1) is 5.29. The van der Waals surface area contributed by atoms with Gasteiger partial charge in [0, 0.05) is 12.6 Å². The summed E-state index contributed by atoms with van der Waals surface area (Å²) in [6, 6.07) is 0. The molecule has 2 aliphatic rings. The van der Waals surface area contributed by atoms with E-state index in [2.05, 4.69) is 16.5 Å². The molecule has 0 fully saturated rings. The van der Waals surface area contributed by atoms with E-state index in [1.54, 1.807) is 0 Å². The van der Waals surface area contributed by atoms with Gasteiger partial charge in [-0.05, 0) is 19.2 Å². The van der Waals surface area contributed by atoms with E-state index in [-0.39, 0.29) is 6.17 Å². The van der Waals surface area contributed by atoms with Crippen molar-refractivity contribution < 1.29 is 0 Å². The molecule has 0 saturated heterocycles. The minimum absolute atomic E-state index is 0.264. The standard InChI is InChI=1S/C8H11N3/c1-6-7-4-3-5-9-8(7)11(2)10-6/h3-5,8-9H,1-2H3. The maximum atomic E-state index is 4.31. The third-order valence-electron chi connectivity index (χ3n) is 2.02. The van der Waals surface area contributed by atoms with E-state index >= 15 is 0 Å². The van der Waals surface area contributed by atoms with E-state index in [1.807, 2.05) is 31.3 Å². The van der Waals surface area contributed by atoms with Gasteiger partial charge in [0.25, 0.3) is 0 Å². The van der Waals surface area contributed by atoms with Crippen LogP contribution in [-0.4, -0.2) is 23.9 Å². The molecule has 0 bridgehead atoms. The fourth-order valence-corrected chi connectivity index (χ4v) is 1.46. The van der Waals surface area contributed by atoms with Gasteiger partial charge in [0.1, 0.15) is 6.17 Å². The van der Waals surface area contributed by atoms with Crippen LogP contribution in [0.2, 0.25) is 0 Å². The summed E-state index contributed by atoms with van der Waals surface area (Å²) in [4.78, 5) is 0. The summed E-state index contributed by atoms with van der Waals surface area (Å²) in [5, 5.41) is 9.47. The molecule has 0 aromatic carbocycles. The van der Waals surface area contributed by atoms with Crippen LogP contribution in [0.25, 0.3) is 0 Å². The highest BCUT2D eigenvalue weighted by atomic mass is 15.5. The molecule has 2 aliphatic heterocycles. The van der Waals surface area contributed by atoms with E-state index in [9.17, 15) is 0 Å². The normalized spacial score (nSPS) is 27.5. The molecule has 2 heterocycles. The van der Waals surface area contributed by atoms with Crippen LogP contribution in [-0.2, 0) is 0 Å². The van der Waals surface area contributed by atoms with Crippen molar-refractivity contribution in [3.63, 3.8) is 0 Å². The monoisotopic (exact) mass is 149 g/mol. The number of hydrogen-bond donors (Lipinski definition) is 1. The predicted molar refractivity (Wildman–Crippen MR) is 45.0 cm³/mol. The van der Waals surface area contributed by atoms with Crippen molar-refractivity contribution in [1.29, 1.82) is 0 Å². The number of hydrogen-bond acceptors (Lipinski definition) is 3. The summed E-state index contributed by atoms with van der Waals surface area (Å²) < 4.78 is 0. The molecule has 3 nitrogen and oxygen atoms in total. The zero-order valence-corrected chi connectivity index (χ0v) is 6.70. The number of likely N-dealkylation sites (N-methyl/N-ethyl adjacent to an activating group) is 1. The van der Waals surface area contributed by atoms with Gasteiger partial charge < -0.3 is 5.32 Å². The number of dihydropyridines is 1. The molecule has 2 rings (SSSR count). The van der Waals surface area contributed by atoms with Crippen molar-refractivity contribution in [2.45, 2.75) is 13.1 Å². The van der Waals surface area contributed by atoms with E-state index in [1.165, 1.54) is 5.57 Å². The zero-order valence-electron chi connectivity index (χ0n) is 6.70. The molecule has 58 valence electrons. The van der Waals surface area contributed by atoms with Crippen molar-refractivity contribution >= 4 is 5.71 Å². The first-order valence-corrected chi connectivity index (χ1v) is 3.70. The van der Waals surface area contributed by atoms with Crippen molar-refractivity contribution in [3.8, 4) is 0 Å². The Morgan fingerprint density at radius 3 is 3.18 bits per heavy atom. The highest BCUT2D eigenvalue weighted by molar-refractivity contribution is 6.01. The molecule has 0 amide bonds. The van der Waals surface area contributed by atoms with Gasteiger partial charge in [-0.15, -0.1) is 0 Å². The number of nitrogens with zero attached hydrogens (tertiary/aromatic N) is 2. The molecular weight excluding hydrogens is 138 g/mol. The van der Waals surface area contributed by atoms with Crippen molar-refractivity contribution in [2.75, 3.05) is 7.05 Å². The van der Waals surface area contributed by atoms with Crippen molar-refractivity contribution in [2.24, 2.45) is 5.10 Å². The Morgan fingerprint density at radius 2 is 2.45 bits per heavy atom. The third-order valence-corrected chi connectivity index (χ3v) is 2.02. The number of nitrogens with one attached hydrogen (secondary N) is 1. The molecule has 0 spiro atoms.